The van der Waals surface area contributed by atoms with Crippen LogP contribution in [-0.4, -0.2) is 38.9 Å². The maximum absolute atomic E-state index is 10.4. The standard InChI is InChI=1S/C5H8O5/c6-1-3(8)5(10)4(9)2-7/h1,4,6-9H,2H2/b3-1+/t4-/m0/s1. The molecule has 0 unspecified atom stereocenters. The Morgan fingerprint density at radius 2 is 2.10 bits per heavy atom. The van der Waals surface area contributed by atoms with Gasteiger partial charge in [0.1, 0.15) is 12.4 Å². The van der Waals surface area contributed by atoms with Crippen molar-refractivity contribution in [3.63, 3.8) is 0 Å². The Balaban J connectivity index is 4.08. The molecule has 0 heterocycles. The number of carbonyl (C=O) groups is 1. The topological polar surface area (TPSA) is 98.0 Å². The normalized spacial score (nSPS) is 14.8. The average molecular weight is 148 g/mol. The third kappa shape index (κ3) is 2.04. The Hall–Kier alpha value is -1.07. The molecule has 0 saturated carbocycles. The molecule has 0 fully saturated rings. The third-order valence-corrected chi connectivity index (χ3v) is 0.850. The van der Waals surface area contributed by atoms with Crippen molar-refractivity contribution in [3.8, 4) is 0 Å². The summed E-state index contributed by atoms with van der Waals surface area (Å²) < 4.78 is 0. The number of carbonyl (C=O) groups excluding carboxylic acids is 1. The molecule has 0 aliphatic rings. The van der Waals surface area contributed by atoms with Crippen molar-refractivity contribution in [1.29, 1.82) is 0 Å². The smallest absolute Gasteiger partial charge is 0.231 e. The van der Waals surface area contributed by atoms with Crippen LogP contribution in [-0.2, 0) is 4.79 Å². The lowest BCUT2D eigenvalue weighted by molar-refractivity contribution is -0.127. The Bertz CT molecular complexity index is 150. The summed E-state index contributed by atoms with van der Waals surface area (Å²) in [5, 5.41) is 33.1. The van der Waals surface area contributed by atoms with Crippen LogP contribution in [0, 0.1) is 0 Å². The molecule has 0 spiro atoms. The first-order valence-electron chi connectivity index (χ1n) is 2.50. The minimum absolute atomic E-state index is 0.154. The highest BCUT2D eigenvalue weighted by molar-refractivity contribution is 5.96. The fourth-order valence-corrected chi connectivity index (χ4v) is 0.317. The van der Waals surface area contributed by atoms with E-state index in [1.165, 1.54) is 0 Å². The van der Waals surface area contributed by atoms with Crippen LogP contribution < -0.4 is 0 Å². The monoisotopic (exact) mass is 148 g/mol. The minimum atomic E-state index is -1.66. The largest absolute Gasteiger partial charge is 0.512 e. The van der Waals surface area contributed by atoms with Gasteiger partial charge in [0.15, 0.2) is 5.76 Å². The van der Waals surface area contributed by atoms with E-state index in [4.69, 9.17) is 20.4 Å². The van der Waals surface area contributed by atoms with Crippen LogP contribution in [0.15, 0.2) is 12.0 Å². The lowest BCUT2D eigenvalue weighted by Gasteiger charge is -2.02. The van der Waals surface area contributed by atoms with Crippen LogP contribution >= 0.6 is 0 Å². The number of Topliss-reactive ketones (excluding diaryl/α,β-unsaturated/α-hetero) is 1. The number of aliphatic hydroxyl groups is 4. The van der Waals surface area contributed by atoms with Gasteiger partial charge in [-0.15, -0.1) is 0 Å². The van der Waals surface area contributed by atoms with Gasteiger partial charge in [-0.05, 0) is 0 Å². The predicted octanol–water partition coefficient (Wildman–Crippen LogP) is -1.13. The maximum Gasteiger partial charge on any atom is 0.231 e. The lowest BCUT2D eigenvalue weighted by atomic mass is 10.2. The quantitative estimate of drug-likeness (QED) is 0.300. The molecule has 5 nitrogen and oxygen atoms in total. The van der Waals surface area contributed by atoms with Gasteiger partial charge in [-0.2, -0.15) is 0 Å². The van der Waals surface area contributed by atoms with E-state index in [2.05, 4.69) is 0 Å². The van der Waals surface area contributed by atoms with E-state index in [1.807, 2.05) is 0 Å². The second-order valence-corrected chi connectivity index (χ2v) is 1.58. The first kappa shape index (κ1) is 8.93. The van der Waals surface area contributed by atoms with Crippen LogP contribution in [0.1, 0.15) is 0 Å². The van der Waals surface area contributed by atoms with Crippen LogP contribution in [0.5, 0.6) is 0 Å². The number of aliphatic hydroxyl groups excluding tert-OH is 4. The van der Waals surface area contributed by atoms with Gasteiger partial charge < -0.3 is 20.4 Å². The van der Waals surface area contributed by atoms with E-state index in [1.54, 1.807) is 0 Å². The molecule has 0 rings (SSSR count). The Kier molecular flexibility index (Phi) is 3.45. The highest BCUT2D eigenvalue weighted by Gasteiger charge is 2.17. The minimum Gasteiger partial charge on any atom is -0.512 e. The van der Waals surface area contributed by atoms with Crippen LogP contribution in [0.25, 0.3) is 0 Å². The molecule has 0 aliphatic heterocycles. The van der Waals surface area contributed by atoms with E-state index in [9.17, 15) is 4.79 Å². The van der Waals surface area contributed by atoms with Crippen molar-refractivity contribution < 1.29 is 25.2 Å². The van der Waals surface area contributed by atoms with E-state index in [0.29, 0.717) is 0 Å². The molecule has 0 bridgehead atoms. The Morgan fingerprint density at radius 1 is 1.60 bits per heavy atom. The van der Waals surface area contributed by atoms with E-state index >= 15 is 0 Å². The van der Waals surface area contributed by atoms with Crippen LogP contribution in [0.3, 0.4) is 0 Å². The zero-order valence-corrected chi connectivity index (χ0v) is 5.06. The summed E-state index contributed by atoms with van der Waals surface area (Å²) in [7, 11) is 0. The van der Waals surface area contributed by atoms with Crippen LogP contribution in [0.4, 0.5) is 0 Å². The Labute approximate surface area is 56.8 Å². The molecule has 0 radical (unpaired) electrons. The maximum atomic E-state index is 10.4. The van der Waals surface area contributed by atoms with E-state index in [-0.39, 0.29) is 6.26 Å². The SMILES string of the molecule is O=C(/C(O)=C\O)[C@@H](O)CO. The second-order valence-electron chi connectivity index (χ2n) is 1.58. The number of rotatable bonds is 3. The van der Waals surface area contributed by atoms with Gasteiger partial charge in [0.25, 0.3) is 0 Å². The molecule has 0 aromatic heterocycles. The Morgan fingerprint density at radius 3 is 2.40 bits per heavy atom. The molecule has 0 saturated heterocycles. The van der Waals surface area contributed by atoms with Gasteiger partial charge in [-0.1, -0.05) is 0 Å². The summed E-state index contributed by atoms with van der Waals surface area (Å²) in [5.41, 5.74) is 0. The van der Waals surface area contributed by atoms with Crippen LogP contribution in [0.2, 0.25) is 0 Å². The zero-order chi connectivity index (χ0) is 8.15. The van der Waals surface area contributed by atoms with Gasteiger partial charge in [-0.3, -0.25) is 4.79 Å². The van der Waals surface area contributed by atoms with E-state index < -0.39 is 24.3 Å². The lowest BCUT2D eigenvalue weighted by Crippen LogP contribution is -2.25. The molecule has 58 valence electrons. The number of ketones is 1. The predicted molar refractivity (Wildman–Crippen MR) is 31.4 cm³/mol. The van der Waals surface area contributed by atoms with Crippen molar-refractivity contribution in [2.45, 2.75) is 6.10 Å². The molecular weight excluding hydrogens is 140 g/mol. The van der Waals surface area contributed by atoms with Gasteiger partial charge >= 0.3 is 0 Å². The molecule has 0 aromatic rings. The summed E-state index contributed by atoms with van der Waals surface area (Å²) in [5.74, 6) is -2.08. The molecular formula is C5H8O5. The summed E-state index contributed by atoms with van der Waals surface area (Å²) in [4.78, 5) is 10.4. The summed E-state index contributed by atoms with van der Waals surface area (Å²) in [6.45, 7) is -0.781. The zero-order valence-electron chi connectivity index (χ0n) is 5.06. The van der Waals surface area contributed by atoms with Crippen molar-refractivity contribution >= 4 is 5.78 Å². The molecule has 10 heavy (non-hydrogen) atoms. The second kappa shape index (κ2) is 3.86. The van der Waals surface area contributed by atoms with Crippen molar-refractivity contribution in [2.24, 2.45) is 0 Å². The molecule has 1 atom stereocenters. The fraction of sp³-hybridized carbons (Fsp3) is 0.400. The molecule has 5 heteroatoms. The first-order chi connectivity index (χ1) is 4.63. The molecule has 0 aliphatic carbocycles. The summed E-state index contributed by atoms with van der Waals surface area (Å²) >= 11 is 0. The molecule has 4 N–H and O–H groups in total. The fourth-order valence-electron chi connectivity index (χ4n) is 0.317. The van der Waals surface area contributed by atoms with Gasteiger partial charge in [-0.25, -0.2) is 0 Å². The summed E-state index contributed by atoms with van der Waals surface area (Å²) in [6.07, 6.45) is -1.51. The van der Waals surface area contributed by atoms with Gasteiger partial charge in [0.05, 0.1) is 6.61 Å². The highest BCUT2D eigenvalue weighted by Crippen LogP contribution is 1.94. The van der Waals surface area contributed by atoms with Crippen molar-refractivity contribution in [1.82, 2.24) is 0 Å². The van der Waals surface area contributed by atoms with Gasteiger partial charge in [0.2, 0.25) is 5.78 Å². The van der Waals surface area contributed by atoms with E-state index in [0.717, 1.165) is 0 Å². The van der Waals surface area contributed by atoms with Gasteiger partial charge in [0, 0.05) is 0 Å². The molecule has 0 aromatic carbocycles. The van der Waals surface area contributed by atoms with Crippen molar-refractivity contribution in [2.75, 3.05) is 6.61 Å². The number of hydrogen-bond donors (Lipinski definition) is 4. The number of hydrogen-bond acceptors (Lipinski definition) is 5. The summed E-state index contributed by atoms with van der Waals surface area (Å²) in [6, 6.07) is 0. The first-order valence-corrected chi connectivity index (χ1v) is 2.50. The average Bonchev–Trinajstić information content (AvgIpc) is 2.00. The van der Waals surface area contributed by atoms with Crippen molar-refractivity contribution in [3.05, 3.63) is 12.0 Å². The molecule has 0 amide bonds. The highest BCUT2D eigenvalue weighted by atomic mass is 16.3. The third-order valence-electron chi connectivity index (χ3n) is 0.850.